The Morgan fingerprint density at radius 1 is 1.22 bits per heavy atom. The van der Waals surface area contributed by atoms with Gasteiger partial charge in [0.2, 0.25) is 5.91 Å². The Balaban J connectivity index is 1.48. The number of carbonyl (C=O) groups excluding carboxylic acids is 1. The third-order valence-electron chi connectivity index (χ3n) is 3.04. The second-order valence-corrected chi connectivity index (χ2v) is 6.71. The van der Waals surface area contributed by atoms with Crippen molar-refractivity contribution in [1.29, 1.82) is 0 Å². The van der Waals surface area contributed by atoms with Crippen LogP contribution in [-0.2, 0) is 17.1 Å². The molecule has 2 aromatic heterocycles. The van der Waals surface area contributed by atoms with Gasteiger partial charge in [0, 0.05) is 4.88 Å². The highest BCUT2D eigenvalue weighted by Crippen LogP contribution is 2.13. The predicted molar refractivity (Wildman–Crippen MR) is 91.5 cm³/mol. The molecule has 1 N–H and O–H groups in total. The lowest BCUT2D eigenvalue weighted by Crippen LogP contribution is -2.24. The van der Waals surface area contributed by atoms with E-state index in [-0.39, 0.29) is 5.91 Å². The number of thioether (sulfide) groups is 1. The molecule has 0 bridgehead atoms. The van der Waals surface area contributed by atoms with E-state index < -0.39 is 0 Å². The minimum atomic E-state index is 0.0159. The van der Waals surface area contributed by atoms with Gasteiger partial charge in [-0.05, 0) is 34.0 Å². The molecule has 23 heavy (non-hydrogen) atoms. The highest BCUT2D eigenvalue weighted by Gasteiger charge is 2.09. The van der Waals surface area contributed by atoms with E-state index in [9.17, 15) is 4.79 Å². The summed E-state index contributed by atoms with van der Waals surface area (Å²) in [6.07, 6.45) is 0. The Morgan fingerprint density at radius 2 is 2.09 bits per heavy atom. The van der Waals surface area contributed by atoms with Crippen LogP contribution in [0.1, 0.15) is 10.7 Å². The number of hydrogen-bond donors (Lipinski definition) is 1. The van der Waals surface area contributed by atoms with Crippen molar-refractivity contribution in [2.24, 2.45) is 0 Å². The third kappa shape index (κ3) is 4.40. The average Bonchev–Trinajstić information content (AvgIpc) is 3.25. The van der Waals surface area contributed by atoms with E-state index in [1.54, 1.807) is 16.0 Å². The first-order chi connectivity index (χ1) is 11.3. The molecule has 1 amide bonds. The molecule has 2 heterocycles. The van der Waals surface area contributed by atoms with Gasteiger partial charge in [-0.15, -0.1) is 28.2 Å². The van der Waals surface area contributed by atoms with Gasteiger partial charge in [-0.3, -0.25) is 4.79 Å². The summed E-state index contributed by atoms with van der Waals surface area (Å²) in [6, 6.07) is 13.7. The molecule has 6 nitrogen and oxygen atoms in total. The summed E-state index contributed by atoms with van der Waals surface area (Å²) < 4.78 is 1.69. The van der Waals surface area contributed by atoms with E-state index in [0.717, 1.165) is 16.4 Å². The monoisotopic (exact) mass is 345 g/mol. The van der Waals surface area contributed by atoms with Crippen molar-refractivity contribution < 1.29 is 4.79 Å². The second kappa shape index (κ2) is 7.89. The molecule has 0 aliphatic heterocycles. The lowest BCUT2D eigenvalue weighted by atomic mass is 10.3. The van der Waals surface area contributed by atoms with E-state index in [2.05, 4.69) is 20.8 Å². The molecule has 3 aromatic rings. The first-order valence-electron chi connectivity index (χ1n) is 7.02. The van der Waals surface area contributed by atoms with Crippen LogP contribution in [0.2, 0.25) is 0 Å². The largest absolute Gasteiger partial charge is 0.350 e. The molecule has 0 aliphatic carbocycles. The van der Waals surface area contributed by atoms with E-state index >= 15 is 0 Å². The van der Waals surface area contributed by atoms with Crippen molar-refractivity contribution in [2.75, 3.05) is 5.75 Å². The van der Waals surface area contributed by atoms with Crippen LogP contribution < -0.4 is 5.32 Å². The van der Waals surface area contributed by atoms with Crippen molar-refractivity contribution >= 4 is 29.0 Å². The zero-order valence-corrected chi connectivity index (χ0v) is 13.9. The van der Waals surface area contributed by atoms with Crippen LogP contribution in [0.3, 0.4) is 0 Å². The summed E-state index contributed by atoms with van der Waals surface area (Å²) in [4.78, 5) is 13.0. The molecule has 118 valence electrons. The Bertz CT molecular complexity index is 742. The fourth-order valence-electron chi connectivity index (χ4n) is 1.95. The van der Waals surface area contributed by atoms with Gasteiger partial charge in [0.1, 0.15) is 0 Å². The number of thiophene rings is 1. The van der Waals surface area contributed by atoms with Gasteiger partial charge in [-0.25, -0.2) is 0 Å². The Kier molecular flexibility index (Phi) is 5.38. The zero-order valence-electron chi connectivity index (χ0n) is 12.3. The van der Waals surface area contributed by atoms with Crippen molar-refractivity contribution in [1.82, 2.24) is 25.5 Å². The van der Waals surface area contributed by atoms with Gasteiger partial charge in [0.15, 0.2) is 5.82 Å². The molecule has 8 heteroatoms. The fraction of sp³-hybridized carbons (Fsp3) is 0.200. The second-order valence-electron chi connectivity index (χ2n) is 4.69. The summed E-state index contributed by atoms with van der Waals surface area (Å²) in [5.74, 6) is 1.70. The molecule has 1 aromatic carbocycles. The molecular weight excluding hydrogens is 330 g/mol. The van der Waals surface area contributed by atoms with Crippen molar-refractivity contribution in [3.63, 3.8) is 0 Å². The number of aromatic nitrogens is 4. The van der Waals surface area contributed by atoms with Crippen LogP contribution in [-0.4, -0.2) is 31.9 Å². The molecule has 0 radical (unpaired) electrons. The number of hydrogen-bond acceptors (Lipinski definition) is 6. The highest BCUT2D eigenvalue weighted by molar-refractivity contribution is 7.99. The fourth-order valence-corrected chi connectivity index (χ4v) is 3.35. The van der Waals surface area contributed by atoms with Crippen molar-refractivity contribution in [3.05, 3.63) is 58.5 Å². The number of carbonyl (C=O) groups is 1. The molecule has 0 unspecified atom stereocenters. The van der Waals surface area contributed by atoms with Gasteiger partial charge >= 0.3 is 0 Å². The van der Waals surface area contributed by atoms with Crippen LogP contribution in [0.5, 0.6) is 0 Å². The summed E-state index contributed by atoms with van der Waals surface area (Å²) in [7, 11) is 0. The van der Waals surface area contributed by atoms with Crippen LogP contribution in [0.4, 0.5) is 0 Å². The Hall–Kier alpha value is -2.19. The normalized spacial score (nSPS) is 10.6. The molecule has 0 fully saturated rings. The standard InChI is InChI=1S/C15H15N5OS2/c21-15(16-9-13-7-4-8-23-13)11-22-10-14-17-18-19-20(14)12-5-2-1-3-6-12/h1-8H,9-11H2,(H,16,21). The molecular formula is C15H15N5OS2. The minimum absolute atomic E-state index is 0.0159. The summed E-state index contributed by atoms with van der Waals surface area (Å²) in [5.41, 5.74) is 0.912. The van der Waals surface area contributed by atoms with E-state index in [4.69, 9.17) is 0 Å². The quantitative estimate of drug-likeness (QED) is 0.711. The molecule has 0 aliphatic rings. The summed E-state index contributed by atoms with van der Waals surface area (Å²) in [5, 5.41) is 16.6. The van der Waals surface area contributed by atoms with Gasteiger partial charge in [-0.2, -0.15) is 4.68 Å². The first kappa shape index (κ1) is 15.7. The smallest absolute Gasteiger partial charge is 0.230 e. The van der Waals surface area contributed by atoms with Crippen LogP contribution in [0.25, 0.3) is 5.69 Å². The third-order valence-corrected chi connectivity index (χ3v) is 4.84. The number of nitrogens with zero attached hydrogens (tertiary/aromatic N) is 4. The Morgan fingerprint density at radius 3 is 2.87 bits per heavy atom. The molecule has 3 rings (SSSR count). The minimum Gasteiger partial charge on any atom is -0.350 e. The van der Waals surface area contributed by atoms with Crippen molar-refractivity contribution in [2.45, 2.75) is 12.3 Å². The van der Waals surface area contributed by atoms with Crippen LogP contribution in [0.15, 0.2) is 47.8 Å². The predicted octanol–water partition coefficient (Wildman–Crippen LogP) is 2.27. The lowest BCUT2D eigenvalue weighted by Gasteiger charge is -2.05. The first-order valence-corrected chi connectivity index (χ1v) is 9.06. The van der Waals surface area contributed by atoms with Gasteiger partial charge in [0.25, 0.3) is 0 Å². The number of rotatable bonds is 7. The molecule has 0 saturated heterocycles. The number of nitrogens with one attached hydrogen (secondary N) is 1. The topological polar surface area (TPSA) is 72.7 Å². The maximum absolute atomic E-state index is 11.8. The summed E-state index contributed by atoms with van der Waals surface area (Å²) >= 11 is 3.13. The van der Waals surface area contributed by atoms with Gasteiger partial charge in [-0.1, -0.05) is 24.3 Å². The molecule has 0 atom stereocenters. The van der Waals surface area contributed by atoms with E-state index in [1.165, 1.54) is 11.8 Å². The number of benzene rings is 1. The van der Waals surface area contributed by atoms with Crippen molar-refractivity contribution in [3.8, 4) is 5.69 Å². The average molecular weight is 345 g/mol. The van der Waals surface area contributed by atoms with E-state index in [1.807, 2.05) is 47.8 Å². The SMILES string of the molecule is O=C(CSCc1nnnn1-c1ccccc1)NCc1cccs1. The number of amides is 1. The number of para-hydroxylation sites is 1. The number of tetrazole rings is 1. The molecule has 0 spiro atoms. The van der Waals surface area contributed by atoms with E-state index in [0.29, 0.717) is 18.1 Å². The Labute approximate surface area is 141 Å². The highest BCUT2D eigenvalue weighted by atomic mass is 32.2. The lowest BCUT2D eigenvalue weighted by molar-refractivity contribution is -0.118. The maximum Gasteiger partial charge on any atom is 0.230 e. The van der Waals surface area contributed by atoms with Gasteiger partial charge < -0.3 is 5.32 Å². The van der Waals surface area contributed by atoms with Crippen LogP contribution in [0, 0.1) is 0 Å². The van der Waals surface area contributed by atoms with Gasteiger partial charge in [0.05, 0.1) is 23.7 Å². The maximum atomic E-state index is 11.8. The van der Waals surface area contributed by atoms with Crippen LogP contribution >= 0.6 is 23.1 Å². The summed E-state index contributed by atoms with van der Waals surface area (Å²) in [6.45, 7) is 0.582. The molecule has 0 saturated carbocycles. The zero-order chi connectivity index (χ0) is 15.9.